The van der Waals surface area contributed by atoms with Crippen LogP contribution in [0.4, 0.5) is 18.9 Å². The molecule has 1 aliphatic heterocycles. The second-order valence-electron chi connectivity index (χ2n) is 4.17. The Labute approximate surface area is 91.8 Å². The molecule has 0 saturated carbocycles. The SMILES string of the molecule is Nc1ccc(CN2CCC(F)(F)C2)c(F)c1. The van der Waals surface area contributed by atoms with Crippen molar-refractivity contribution in [3.63, 3.8) is 0 Å². The van der Waals surface area contributed by atoms with Crippen LogP contribution >= 0.6 is 0 Å². The summed E-state index contributed by atoms with van der Waals surface area (Å²) in [5.41, 5.74) is 6.16. The molecule has 1 heterocycles. The number of nitrogens with zero attached hydrogens (tertiary/aromatic N) is 1. The lowest BCUT2D eigenvalue weighted by Crippen LogP contribution is -2.25. The zero-order chi connectivity index (χ0) is 11.8. The average molecular weight is 230 g/mol. The Morgan fingerprint density at radius 2 is 2.12 bits per heavy atom. The molecule has 1 fully saturated rings. The number of hydrogen-bond acceptors (Lipinski definition) is 2. The van der Waals surface area contributed by atoms with Crippen molar-refractivity contribution in [1.82, 2.24) is 4.90 Å². The van der Waals surface area contributed by atoms with Gasteiger partial charge in [-0.15, -0.1) is 0 Å². The predicted molar refractivity (Wildman–Crippen MR) is 55.7 cm³/mol. The largest absolute Gasteiger partial charge is 0.399 e. The topological polar surface area (TPSA) is 29.3 Å². The monoisotopic (exact) mass is 230 g/mol. The molecule has 2 nitrogen and oxygen atoms in total. The molecular weight excluding hydrogens is 217 g/mol. The summed E-state index contributed by atoms with van der Waals surface area (Å²) < 4.78 is 39.2. The molecule has 1 aromatic carbocycles. The third kappa shape index (κ3) is 2.47. The maximum Gasteiger partial charge on any atom is 0.261 e. The number of benzene rings is 1. The van der Waals surface area contributed by atoms with Crippen LogP contribution in [0.25, 0.3) is 0 Å². The molecule has 2 N–H and O–H groups in total. The van der Waals surface area contributed by atoms with Gasteiger partial charge in [-0.2, -0.15) is 0 Å². The summed E-state index contributed by atoms with van der Waals surface area (Å²) in [6.45, 7) is 0.218. The van der Waals surface area contributed by atoms with Gasteiger partial charge in [-0.1, -0.05) is 6.07 Å². The molecule has 0 radical (unpaired) electrons. The number of nitrogens with two attached hydrogens (primary N) is 1. The van der Waals surface area contributed by atoms with Gasteiger partial charge in [0, 0.05) is 30.8 Å². The molecule has 0 aromatic heterocycles. The molecule has 2 rings (SSSR count). The van der Waals surface area contributed by atoms with Crippen molar-refractivity contribution in [3.8, 4) is 0 Å². The zero-order valence-corrected chi connectivity index (χ0v) is 8.72. The van der Waals surface area contributed by atoms with Gasteiger partial charge >= 0.3 is 0 Å². The van der Waals surface area contributed by atoms with Crippen LogP contribution in [-0.4, -0.2) is 23.9 Å². The summed E-state index contributed by atoms with van der Waals surface area (Å²) in [6, 6.07) is 4.33. The Kier molecular flexibility index (Phi) is 2.80. The zero-order valence-electron chi connectivity index (χ0n) is 8.72. The Morgan fingerprint density at radius 1 is 1.38 bits per heavy atom. The number of rotatable bonds is 2. The normalized spacial score (nSPS) is 20.2. The van der Waals surface area contributed by atoms with Gasteiger partial charge in [0.2, 0.25) is 0 Å². The fraction of sp³-hybridized carbons (Fsp3) is 0.455. The van der Waals surface area contributed by atoms with Crippen LogP contribution in [-0.2, 0) is 6.54 Å². The van der Waals surface area contributed by atoms with Crippen molar-refractivity contribution >= 4 is 5.69 Å². The van der Waals surface area contributed by atoms with Crippen molar-refractivity contribution in [1.29, 1.82) is 0 Å². The standard InChI is InChI=1S/C11H13F3N2/c12-10-5-9(15)2-1-8(10)6-16-4-3-11(13,14)7-16/h1-2,5H,3-4,6-7,15H2. The Hall–Kier alpha value is -1.23. The third-order valence-corrected chi connectivity index (χ3v) is 2.72. The molecule has 0 unspecified atom stereocenters. The highest BCUT2D eigenvalue weighted by atomic mass is 19.3. The van der Waals surface area contributed by atoms with Crippen molar-refractivity contribution < 1.29 is 13.2 Å². The molecule has 1 aromatic rings. The molecule has 0 spiro atoms. The summed E-state index contributed by atoms with van der Waals surface area (Å²) in [5, 5.41) is 0. The average Bonchev–Trinajstić information content (AvgIpc) is 2.51. The summed E-state index contributed by atoms with van der Waals surface area (Å²) in [7, 11) is 0. The van der Waals surface area contributed by atoms with Crippen LogP contribution in [0.3, 0.4) is 0 Å². The molecule has 16 heavy (non-hydrogen) atoms. The van der Waals surface area contributed by atoms with Crippen LogP contribution in [0, 0.1) is 5.82 Å². The molecule has 0 bridgehead atoms. The molecule has 0 amide bonds. The summed E-state index contributed by atoms with van der Waals surface area (Å²) >= 11 is 0. The first-order valence-electron chi connectivity index (χ1n) is 5.10. The lowest BCUT2D eigenvalue weighted by atomic mass is 10.2. The quantitative estimate of drug-likeness (QED) is 0.789. The van der Waals surface area contributed by atoms with Crippen molar-refractivity contribution in [2.75, 3.05) is 18.8 Å². The number of anilines is 1. The van der Waals surface area contributed by atoms with Crippen LogP contribution in [0.15, 0.2) is 18.2 Å². The molecule has 1 saturated heterocycles. The van der Waals surface area contributed by atoms with Crippen LogP contribution in [0.2, 0.25) is 0 Å². The number of halogens is 3. The minimum Gasteiger partial charge on any atom is -0.399 e. The first-order chi connectivity index (χ1) is 7.46. The third-order valence-electron chi connectivity index (χ3n) is 2.72. The van der Waals surface area contributed by atoms with E-state index >= 15 is 0 Å². The van der Waals surface area contributed by atoms with Gasteiger partial charge in [0.15, 0.2) is 0 Å². The van der Waals surface area contributed by atoms with Crippen LogP contribution < -0.4 is 5.73 Å². The number of hydrogen-bond donors (Lipinski definition) is 1. The maximum absolute atomic E-state index is 13.4. The first-order valence-corrected chi connectivity index (χ1v) is 5.10. The Balaban J connectivity index is 2.05. The van der Waals surface area contributed by atoms with E-state index in [2.05, 4.69) is 0 Å². The lowest BCUT2D eigenvalue weighted by molar-refractivity contribution is 0.0114. The van der Waals surface area contributed by atoms with Crippen LogP contribution in [0.1, 0.15) is 12.0 Å². The number of likely N-dealkylation sites (tertiary alicyclic amines) is 1. The number of nitrogen functional groups attached to an aromatic ring is 1. The highest BCUT2D eigenvalue weighted by Crippen LogP contribution is 2.28. The van der Waals surface area contributed by atoms with Gasteiger partial charge in [0.25, 0.3) is 5.92 Å². The highest BCUT2D eigenvalue weighted by Gasteiger charge is 2.38. The fourth-order valence-electron chi connectivity index (χ4n) is 1.87. The van der Waals surface area contributed by atoms with Gasteiger partial charge in [-0.05, 0) is 12.1 Å². The van der Waals surface area contributed by atoms with E-state index in [1.165, 1.54) is 6.07 Å². The van der Waals surface area contributed by atoms with Gasteiger partial charge in [-0.25, -0.2) is 13.2 Å². The molecule has 0 atom stereocenters. The first kappa shape index (κ1) is 11.3. The van der Waals surface area contributed by atoms with E-state index in [9.17, 15) is 13.2 Å². The van der Waals surface area contributed by atoms with Gasteiger partial charge in [-0.3, -0.25) is 4.90 Å². The van der Waals surface area contributed by atoms with E-state index in [1.54, 1.807) is 17.0 Å². The van der Waals surface area contributed by atoms with Crippen molar-refractivity contribution in [3.05, 3.63) is 29.6 Å². The second-order valence-corrected chi connectivity index (χ2v) is 4.17. The number of alkyl halides is 2. The van der Waals surface area contributed by atoms with Gasteiger partial charge < -0.3 is 5.73 Å². The lowest BCUT2D eigenvalue weighted by Gasteiger charge is -2.16. The molecule has 5 heteroatoms. The maximum atomic E-state index is 13.4. The molecule has 88 valence electrons. The summed E-state index contributed by atoms with van der Waals surface area (Å²) in [5.74, 6) is -3.07. The van der Waals surface area contributed by atoms with E-state index in [1.807, 2.05) is 0 Å². The van der Waals surface area contributed by atoms with E-state index in [-0.39, 0.29) is 19.5 Å². The summed E-state index contributed by atoms with van der Waals surface area (Å²) in [6.07, 6.45) is -0.149. The minimum absolute atomic E-state index is 0.149. The predicted octanol–water partition coefficient (Wildman–Crippen LogP) is 2.25. The van der Waals surface area contributed by atoms with Gasteiger partial charge in [0.05, 0.1) is 6.54 Å². The Morgan fingerprint density at radius 3 is 2.69 bits per heavy atom. The van der Waals surface area contributed by atoms with Gasteiger partial charge in [0.1, 0.15) is 5.82 Å². The van der Waals surface area contributed by atoms with E-state index in [0.29, 0.717) is 17.8 Å². The van der Waals surface area contributed by atoms with Crippen molar-refractivity contribution in [2.24, 2.45) is 0 Å². The highest BCUT2D eigenvalue weighted by molar-refractivity contribution is 5.40. The smallest absolute Gasteiger partial charge is 0.261 e. The van der Waals surface area contributed by atoms with E-state index in [4.69, 9.17) is 5.73 Å². The van der Waals surface area contributed by atoms with E-state index in [0.717, 1.165) is 0 Å². The van der Waals surface area contributed by atoms with E-state index < -0.39 is 11.7 Å². The second kappa shape index (κ2) is 3.97. The Bertz CT molecular complexity index is 393. The molecule has 0 aliphatic carbocycles. The molecular formula is C11H13F3N2. The summed E-state index contributed by atoms with van der Waals surface area (Å²) in [4.78, 5) is 1.55. The van der Waals surface area contributed by atoms with Crippen molar-refractivity contribution in [2.45, 2.75) is 18.9 Å². The van der Waals surface area contributed by atoms with Crippen LogP contribution in [0.5, 0.6) is 0 Å². The fourth-order valence-corrected chi connectivity index (χ4v) is 1.87. The minimum atomic E-state index is -2.63. The molecule has 1 aliphatic rings.